The Balaban J connectivity index is 2.16. The second kappa shape index (κ2) is 7.21. The lowest BCUT2D eigenvalue weighted by Gasteiger charge is -2.13. The summed E-state index contributed by atoms with van der Waals surface area (Å²) in [5, 5.41) is 3.35. The maximum absolute atomic E-state index is 5.50. The average molecular weight is 336 g/mol. The number of nitrogens with zero attached hydrogens (tertiary/aromatic N) is 2. The molecular weight excluding hydrogens is 318 g/mol. The third-order valence-corrected chi connectivity index (χ3v) is 3.42. The predicted octanol–water partition coefficient (Wildman–Crippen LogP) is 3.09. The summed E-state index contributed by atoms with van der Waals surface area (Å²) >= 11 is 3.47. The molecule has 0 aliphatic carbocycles. The number of nitrogens with one attached hydrogen (secondary N) is 2. The monoisotopic (exact) mass is 335 g/mol. The van der Waals surface area contributed by atoms with Gasteiger partial charge in [0.1, 0.15) is 18.0 Å². The largest absolute Gasteiger partial charge is 0.366 e. The van der Waals surface area contributed by atoms with E-state index in [1.54, 1.807) is 0 Å². The summed E-state index contributed by atoms with van der Waals surface area (Å²) < 4.78 is 1.07. The number of halogens is 1. The van der Waals surface area contributed by atoms with Crippen LogP contribution < -0.4 is 16.6 Å². The van der Waals surface area contributed by atoms with Gasteiger partial charge in [-0.15, -0.1) is 0 Å². The molecule has 6 heteroatoms. The van der Waals surface area contributed by atoms with Crippen molar-refractivity contribution in [3.63, 3.8) is 0 Å². The number of rotatable bonds is 6. The van der Waals surface area contributed by atoms with Crippen LogP contribution in [0.1, 0.15) is 24.5 Å². The molecule has 2 aromatic rings. The SMILES string of the molecule is CCCc1c(NN)ncnc1NCc1cccc(Br)c1. The van der Waals surface area contributed by atoms with Crippen LogP contribution in [0.4, 0.5) is 11.6 Å². The Morgan fingerprint density at radius 1 is 1.25 bits per heavy atom. The third kappa shape index (κ3) is 3.68. The number of aromatic nitrogens is 2. The third-order valence-electron chi connectivity index (χ3n) is 2.93. The Morgan fingerprint density at radius 2 is 2.05 bits per heavy atom. The second-order valence-corrected chi connectivity index (χ2v) is 5.34. The molecule has 0 aliphatic heterocycles. The Morgan fingerprint density at radius 3 is 2.75 bits per heavy atom. The normalized spacial score (nSPS) is 10.3. The van der Waals surface area contributed by atoms with Crippen molar-refractivity contribution in [2.24, 2.45) is 5.84 Å². The molecule has 0 unspecified atom stereocenters. The Labute approximate surface area is 127 Å². The Hall–Kier alpha value is -1.66. The maximum Gasteiger partial charge on any atom is 0.148 e. The summed E-state index contributed by atoms with van der Waals surface area (Å²) in [6.07, 6.45) is 3.40. The summed E-state index contributed by atoms with van der Waals surface area (Å²) in [5.41, 5.74) is 4.83. The average Bonchev–Trinajstić information content (AvgIpc) is 2.46. The molecular formula is C14H18BrN5. The van der Waals surface area contributed by atoms with Crippen LogP contribution in [0.2, 0.25) is 0 Å². The Bertz CT molecular complexity index is 573. The highest BCUT2D eigenvalue weighted by molar-refractivity contribution is 9.10. The molecule has 0 spiro atoms. The van der Waals surface area contributed by atoms with Gasteiger partial charge in [0, 0.05) is 16.6 Å². The van der Waals surface area contributed by atoms with Crippen LogP contribution in [0, 0.1) is 0 Å². The first-order valence-electron chi connectivity index (χ1n) is 6.53. The van der Waals surface area contributed by atoms with Crippen LogP contribution >= 0.6 is 15.9 Å². The molecule has 0 aliphatic rings. The van der Waals surface area contributed by atoms with Gasteiger partial charge in [0.25, 0.3) is 0 Å². The molecule has 0 saturated carbocycles. The lowest BCUT2D eigenvalue weighted by molar-refractivity contribution is 0.896. The number of hydrazine groups is 1. The van der Waals surface area contributed by atoms with E-state index in [0.717, 1.165) is 28.7 Å². The van der Waals surface area contributed by atoms with Crippen molar-refractivity contribution in [2.45, 2.75) is 26.3 Å². The molecule has 1 aromatic carbocycles. The van der Waals surface area contributed by atoms with Gasteiger partial charge in [-0.25, -0.2) is 15.8 Å². The van der Waals surface area contributed by atoms with E-state index in [2.05, 4.69) is 55.7 Å². The van der Waals surface area contributed by atoms with Crippen LogP contribution in [0.25, 0.3) is 0 Å². The van der Waals surface area contributed by atoms with Crippen molar-refractivity contribution in [2.75, 3.05) is 10.7 Å². The van der Waals surface area contributed by atoms with Crippen LogP contribution in [-0.4, -0.2) is 9.97 Å². The molecule has 0 atom stereocenters. The maximum atomic E-state index is 5.50. The molecule has 0 saturated heterocycles. The Kier molecular flexibility index (Phi) is 5.31. The highest BCUT2D eigenvalue weighted by Gasteiger charge is 2.09. The minimum absolute atomic E-state index is 0.679. The summed E-state index contributed by atoms with van der Waals surface area (Å²) in [5.74, 6) is 7.01. The smallest absolute Gasteiger partial charge is 0.148 e. The summed E-state index contributed by atoms with van der Waals surface area (Å²) in [6.45, 7) is 2.82. The van der Waals surface area contributed by atoms with Gasteiger partial charge in [-0.1, -0.05) is 41.4 Å². The lowest BCUT2D eigenvalue weighted by atomic mass is 10.1. The molecule has 1 aromatic heterocycles. The lowest BCUT2D eigenvalue weighted by Crippen LogP contribution is -2.14. The van der Waals surface area contributed by atoms with Crippen molar-refractivity contribution in [1.82, 2.24) is 9.97 Å². The van der Waals surface area contributed by atoms with Gasteiger partial charge < -0.3 is 10.7 Å². The first-order chi connectivity index (χ1) is 9.74. The van der Waals surface area contributed by atoms with E-state index in [1.807, 2.05) is 12.1 Å². The van der Waals surface area contributed by atoms with Crippen molar-refractivity contribution < 1.29 is 0 Å². The van der Waals surface area contributed by atoms with E-state index >= 15 is 0 Å². The zero-order chi connectivity index (χ0) is 14.4. The topological polar surface area (TPSA) is 75.9 Å². The standard InChI is InChI=1S/C14H18BrN5/c1-2-4-12-13(18-9-19-14(12)20-16)17-8-10-5-3-6-11(15)7-10/h3,5-7,9H,2,4,8,16H2,1H3,(H2,17,18,19,20). The molecule has 5 nitrogen and oxygen atoms in total. The molecule has 20 heavy (non-hydrogen) atoms. The van der Waals surface area contributed by atoms with E-state index in [0.29, 0.717) is 12.4 Å². The van der Waals surface area contributed by atoms with Crippen LogP contribution in [-0.2, 0) is 13.0 Å². The molecule has 2 rings (SSSR count). The number of hydrogen-bond acceptors (Lipinski definition) is 5. The first kappa shape index (κ1) is 14.7. The van der Waals surface area contributed by atoms with E-state index in [4.69, 9.17) is 5.84 Å². The van der Waals surface area contributed by atoms with Crippen molar-refractivity contribution >= 4 is 27.6 Å². The fraction of sp³-hybridized carbons (Fsp3) is 0.286. The van der Waals surface area contributed by atoms with Gasteiger partial charge in [0.05, 0.1) is 0 Å². The van der Waals surface area contributed by atoms with Gasteiger partial charge in [0.2, 0.25) is 0 Å². The van der Waals surface area contributed by atoms with Gasteiger partial charge in [-0.2, -0.15) is 0 Å². The summed E-state index contributed by atoms with van der Waals surface area (Å²) in [6, 6.07) is 8.17. The number of nitrogens with two attached hydrogens (primary N) is 1. The minimum Gasteiger partial charge on any atom is -0.366 e. The van der Waals surface area contributed by atoms with Gasteiger partial charge in [-0.3, -0.25) is 0 Å². The van der Waals surface area contributed by atoms with Gasteiger partial charge in [-0.05, 0) is 24.1 Å². The second-order valence-electron chi connectivity index (χ2n) is 4.43. The van der Waals surface area contributed by atoms with Gasteiger partial charge in [0.15, 0.2) is 0 Å². The zero-order valence-electron chi connectivity index (χ0n) is 11.4. The molecule has 4 N–H and O–H groups in total. The van der Waals surface area contributed by atoms with Crippen LogP contribution in [0.5, 0.6) is 0 Å². The van der Waals surface area contributed by atoms with Crippen LogP contribution in [0.3, 0.4) is 0 Å². The van der Waals surface area contributed by atoms with Crippen molar-refractivity contribution in [3.05, 3.63) is 46.2 Å². The predicted molar refractivity (Wildman–Crippen MR) is 85.3 cm³/mol. The molecule has 0 bridgehead atoms. The molecule has 1 heterocycles. The van der Waals surface area contributed by atoms with E-state index in [-0.39, 0.29) is 0 Å². The van der Waals surface area contributed by atoms with E-state index < -0.39 is 0 Å². The number of nitrogen functional groups attached to an aromatic ring is 1. The summed E-state index contributed by atoms with van der Waals surface area (Å²) in [7, 11) is 0. The summed E-state index contributed by atoms with van der Waals surface area (Å²) in [4.78, 5) is 8.46. The minimum atomic E-state index is 0.679. The number of anilines is 2. The fourth-order valence-electron chi connectivity index (χ4n) is 2.01. The van der Waals surface area contributed by atoms with E-state index in [1.165, 1.54) is 11.9 Å². The van der Waals surface area contributed by atoms with Crippen molar-refractivity contribution in [3.8, 4) is 0 Å². The fourth-order valence-corrected chi connectivity index (χ4v) is 2.46. The first-order valence-corrected chi connectivity index (χ1v) is 7.32. The quantitative estimate of drug-likeness (QED) is 0.558. The molecule has 106 valence electrons. The highest BCUT2D eigenvalue weighted by atomic mass is 79.9. The van der Waals surface area contributed by atoms with Crippen LogP contribution in [0.15, 0.2) is 35.1 Å². The van der Waals surface area contributed by atoms with Gasteiger partial charge >= 0.3 is 0 Å². The van der Waals surface area contributed by atoms with Crippen molar-refractivity contribution in [1.29, 1.82) is 0 Å². The zero-order valence-corrected chi connectivity index (χ0v) is 12.9. The highest BCUT2D eigenvalue weighted by Crippen LogP contribution is 2.21. The van der Waals surface area contributed by atoms with E-state index in [9.17, 15) is 0 Å². The molecule has 0 fully saturated rings. The number of benzene rings is 1. The molecule has 0 amide bonds. The number of hydrogen-bond donors (Lipinski definition) is 3. The molecule has 0 radical (unpaired) electrons.